The molecule has 0 radical (unpaired) electrons. The quantitative estimate of drug-likeness (QED) is 0.718. The van der Waals surface area contributed by atoms with E-state index in [1.54, 1.807) is 6.20 Å². The van der Waals surface area contributed by atoms with Crippen LogP contribution in [0.5, 0.6) is 0 Å². The largest absolute Gasteiger partial charge is 0.373 e. The van der Waals surface area contributed by atoms with E-state index in [0.717, 1.165) is 16.8 Å². The summed E-state index contributed by atoms with van der Waals surface area (Å²) in [6.07, 6.45) is 3.00. The van der Waals surface area contributed by atoms with Crippen LogP contribution >= 0.6 is 11.6 Å². The average molecular weight is 411 g/mol. The third kappa shape index (κ3) is 5.02. The number of ether oxygens (including phenoxy) is 1. The van der Waals surface area contributed by atoms with Crippen LogP contribution < -0.4 is 5.32 Å². The number of fused-ring (bicyclic) bond motifs is 1. The van der Waals surface area contributed by atoms with Crippen molar-refractivity contribution in [1.82, 2.24) is 20.3 Å². The molecule has 1 aliphatic rings. The number of benzene rings is 2. The molecule has 7 heteroatoms. The number of rotatable bonds is 3. The van der Waals surface area contributed by atoms with E-state index in [1.807, 2.05) is 59.3 Å². The number of carbonyl (C=O) groups is 1. The Morgan fingerprint density at radius 2 is 2.03 bits per heavy atom. The number of aryl methyl sites for hydroxylation is 1. The molecule has 2 aromatic carbocycles. The van der Waals surface area contributed by atoms with Gasteiger partial charge in [0.1, 0.15) is 0 Å². The zero-order valence-electron chi connectivity index (χ0n) is 16.0. The van der Waals surface area contributed by atoms with E-state index < -0.39 is 0 Å². The monoisotopic (exact) mass is 410 g/mol. The Kier molecular flexibility index (Phi) is 6.22. The van der Waals surface area contributed by atoms with Crippen molar-refractivity contribution in [2.24, 2.45) is 0 Å². The number of hydrogen-bond donors (Lipinski definition) is 1. The maximum Gasteiger partial charge on any atom is 0.227 e. The van der Waals surface area contributed by atoms with Gasteiger partial charge in [-0.2, -0.15) is 0 Å². The molecule has 0 saturated carbocycles. The van der Waals surface area contributed by atoms with Crippen molar-refractivity contribution in [2.45, 2.75) is 38.0 Å². The summed E-state index contributed by atoms with van der Waals surface area (Å²) in [6, 6.07) is 17.4. The number of halogens is 1. The molecule has 3 aromatic rings. The van der Waals surface area contributed by atoms with E-state index in [4.69, 9.17) is 16.3 Å². The normalized spacial score (nSPS) is 20.4. The zero-order valence-corrected chi connectivity index (χ0v) is 16.8. The van der Waals surface area contributed by atoms with Crippen LogP contribution in [0.15, 0.2) is 60.8 Å². The first-order chi connectivity index (χ1) is 14.2. The van der Waals surface area contributed by atoms with Crippen LogP contribution in [0, 0.1) is 0 Å². The Labute approximate surface area is 174 Å². The van der Waals surface area contributed by atoms with Gasteiger partial charge in [0.25, 0.3) is 0 Å². The number of nitrogens with zero attached hydrogens (tertiary/aromatic N) is 3. The molecule has 150 valence electrons. The summed E-state index contributed by atoms with van der Waals surface area (Å²) in [5, 5.41) is 12.0. The van der Waals surface area contributed by atoms with Gasteiger partial charge in [0.05, 0.1) is 37.1 Å². The zero-order chi connectivity index (χ0) is 20.1. The Morgan fingerprint density at radius 1 is 1.17 bits per heavy atom. The smallest absolute Gasteiger partial charge is 0.227 e. The van der Waals surface area contributed by atoms with Crippen molar-refractivity contribution in [2.75, 3.05) is 6.61 Å². The molecule has 0 aliphatic carbocycles. The molecular formula is C22H23ClN4O2. The molecule has 0 saturated heterocycles. The van der Waals surface area contributed by atoms with Crippen LogP contribution in [-0.2, 0) is 29.1 Å². The van der Waals surface area contributed by atoms with E-state index >= 15 is 0 Å². The summed E-state index contributed by atoms with van der Waals surface area (Å²) in [6.45, 7) is 1.40. The van der Waals surface area contributed by atoms with E-state index in [0.29, 0.717) is 37.6 Å². The Hall–Kier alpha value is -2.70. The molecule has 2 heterocycles. The molecule has 6 nitrogen and oxygen atoms in total. The van der Waals surface area contributed by atoms with Crippen LogP contribution in [-0.4, -0.2) is 33.5 Å². The first-order valence-corrected chi connectivity index (χ1v) is 10.1. The molecule has 1 aromatic heterocycles. The Balaban J connectivity index is 1.59. The second kappa shape index (κ2) is 9.20. The van der Waals surface area contributed by atoms with Gasteiger partial charge in [-0.05, 0) is 36.1 Å². The predicted molar refractivity (Wildman–Crippen MR) is 111 cm³/mol. The molecular weight excluding hydrogens is 388 g/mol. The lowest BCUT2D eigenvalue weighted by Crippen LogP contribution is -2.42. The van der Waals surface area contributed by atoms with Gasteiger partial charge in [0.15, 0.2) is 0 Å². The minimum Gasteiger partial charge on any atom is -0.373 e. The maximum atomic E-state index is 13.2. The predicted octanol–water partition coefficient (Wildman–Crippen LogP) is 3.36. The highest BCUT2D eigenvalue weighted by Crippen LogP contribution is 2.22. The lowest BCUT2D eigenvalue weighted by atomic mass is 9.94. The van der Waals surface area contributed by atoms with E-state index in [2.05, 4.69) is 15.6 Å². The van der Waals surface area contributed by atoms with Crippen molar-refractivity contribution < 1.29 is 9.53 Å². The molecule has 4 rings (SSSR count). The van der Waals surface area contributed by atoms with E-state index in [-0.39, 0.29) is 17.9 Å². The summed E-state index contributed by atoms with van der Waals surface area (Å²) in [5.74, 6) is -0.274. The fourth-order valence-corrected chi connectivity index (χ4v) is 3.89. The molecule has 1 amide bonds. The summed E-state index contributed by atoms with van der Waals surface area (Å²) < 4.78 is 7.73. The van der Waals surface area contributed by atoms with Crippen molar-refractivity contribution >= 4 is 17.5 Å². The van der Waals surface area contributed by atoms with Gasteiger partial charge < -0.3 is 10.1 Å². The lowest BCUT2D eigenvalue weighted by Gasteiger charge is -2.22. The SMILES string of the molecule is O=C1NC(Cc2cccc(Cl)c2)COCc2cnnn2CCC1c1ccccc1. The number of amides is 1. The van der Waals surface area contributed by atoms with Crippen molar-refractivity contribution in [1.29, 1.82) is 0 Å². The molecule has 29 heavy (non-hydrogen) atoms. The first kappa shape index (κ1) is 19.6. The standard InChI is InChI=1S/C22H23ClN4O2/c23-18-8-4-5-16(11-18)12-19-14-29-15-20-13-24-26-27(20)10-9-21(22(28)25-19)17-6-2-1-3-7-17/h1-8,11,13,19,21H,9-10,12,14-15H2,(H,25,28). The molecule has 1 N–H and O–H groups in total. The second-order valence-corrected chi connectivity index (χ2v) is 7.69. The van der Waals surface area contributed by atoms with Gasteiger partial charge >= 0.3 is 0 Å². The molecule has 0 spiro atoms. The minimum atomic E-state index is -0.270. The molecule has 2 unspecified atom stereocenters. The Morgan fingerprint density at radius 3 is 2.86 bits per heavy atom. The minimum absolute atomic E-state index is 0.00427. The average Bonchev–Trinajstić information content (AvgIpc) is 3.15. The third-order valence-electron chi connectivity index (χ3n) is 5.13. The fourth-order valence-electron chi connectivity index (χ4n) is 3.67. The third-order valence-corrected chi connectivity index (χ3v) is 5.37. The number of hydrogen-bond acceptors (Lipinski definition) is 4. The van der Waals surface area contributed by atoms with Gasteiger partial charge in [-0.1, -0.05) is 59.3 Å². The van der Waals surface area contributed by atoms with Crippen molar-refractivity contribution in [3.8, 4) is 0 Å². The summed E-state index contributed by atoms with van der Waals surface area (Å²) >= 11 is 6.13. The van der Waals surface area contributed by atoms with Gasteiger partial charge in [-0.3, -0.25) is 4.79 Å². The molecule has 0 bridgehead atoms. The first-order valence-electron chi connectivity index (χ1n) is 9.74. The van der Waals surface area contributed by atoms with Crippen molar-refractivity contribution in [3.05, 3.63) is 82.6 Å². The Bertz CT molecular complexity index is 960. The topological polar surface area (TPSA) is 69.0 Å². The highest BCUT2D eigenvalue weighted by molar-refractivity contribution is 6.30. The maximum absolute atomic E-state index is 13.2. The van der Waals surface area contributed by atoms with E-state index in [9.17, 15) is 4.79 Å². The van der Waals surface area contributed by atoms with Gasteiger partial charge in [0.2, 0.25) is 5.91 Å². The summed E-state index contributed by atoms with van der Waals surface area (Å²) in [5.41, 5.74) is 2.96. The summed E-state index contributed by atoms with van der Waals surface area (Å²) in [4.78, 5) is 13.2. The lowest BCUT2D eigenvalue weighted by molar-refractivity contribution is -0.124. The van der Waals surface area contributed by atoms with Gasteiger partial charge in [0, 0.05) is 11.6 Å². The van der Waals surface area contributed by atoms with Crippen LogP contribution in [0.25, 0.3) is 0 Å². The highest BCUT2D eigenvalue weighted by Gasteiger charge is 2.25. The van der Waals surface area contributed by atoms with Crippen molar-refractivity contribution in [3.63, 3.8) is 0 Å². The van der Waals surface area contributed by atoms with Crippen LogP contribution in [0.4, 0.5) is 0 Å². The molecule has 2 atom stereocenters. The number of carbonyl (C=O) groups excluding carboxylic acids is 1. The van der Waals surface area contributed by atoms with Crippen LogP contribution in [0.3, 0.4) is 0 Å². The van der Waals surface area contributed by atoms with Crippen LogP contribution in [0.2, 0.25) is 5.02 Å². The van der Waals surface area contributed by atoms with Gasteiger partial charge in [-0.25, -0.2) is 4.68 Å². The highest BCUT2D eigenvalue weighted by atomic mass is 35.5. The van der Waals surface area contributed by atoms with Crippen LogP contribution in [0.1, 0.15) is 29.2 Å². The second-order valence-electron chi connectivity index (χ2n) is 7.26. The van der Waals surface area contributed by atoms with Gasteiger partial charge in [-0.15, -0.1) is 5.10 Å². The fraction of sp³-hybridized carbons (Fsp3) is 0.318. The molecule has 0 fully saturated rings. The summed E-state index contributed by atoms with van der Waals surface area (Å²) in [7, 11) is 0. The number of nitrogens with one attached hydrogen (secondary N) is 1. The van der Waals surface area contributed by atoms with E-state index in [1.165, 1.54) is 0 Å². The molecule has 1 aliphatic heterocycles. The number of aromatic nitrogens is 3.